The van der Waals surface area contributed by atoms with E-state index in [9.17, 15) is 4.79 Å². The summed E-state index contributed by atoms with van der Waals surface area (Å²) in [5.41, 5.74) is 0.726. The van der Waals surface area contributed by atoms with Gasteiger partial charge in [-0.3, -0.25) is 4.79 Å². The molecule has 2 heterocycles. The molecule has 2 aliphatic rings. The highest BCUT2D eigenvalue weighted by Crippen LogP contribution is 2.32. The smallest absolute Gasteiger partial charge is 0.231 e. The Morgan fingerprint density at radius 1 is 1.40 bits per heavy atom. The van der Waals surface area contributed by atoms with Crippen LogP contribution in [0.3, 0.4) is 0 Å². The van der Waals surface area contributed by atoms with Gasteiger partial charge in [0.05, 0.1) is 5.41 Å². The van der Waals surface area contributed by atoms with Gasteiger partial charge in [0.25, 0.3) is 0 Å². The number of hydrogen-bond donors (Lipinski definition) is 2. The maximum atomic E-state index is 12.3. The van der Waals surface area contributed by atoms with Gasteiger partial charge in [0.1, 0.15) is 0 Å². The van der Waals surface area contributed by atoms with Crippen molar-refractivity contribution in [1.29, 1.82) is 0 Å². The van der Waals surface area contributed by atoms with Crippen LogP contribution >= 0.6 is 0 Å². The van der Waals surface area contributed by atoms with Crippen LogP contribution in [-0.2, 0) is 11.3 Å². The second-order valence-electron chi connectivity index (χ2n) is 5.71. The van der Waals surface area contributed by atoms with Crippen molar-refractivity contribution in [3.8, 4) is 11.5 Å². The molecule has 5 heteroatoms. The second kappa shape index (κ2) is 5.32. The first-order valence-corrected chi connectivity index (χ1v) is 7.05. The summed E-state index contributed by atoms with van der Waals surface area (Å²) >= 11 is 0. The van der Waals surface area contributed by atoms with Crippen LogP contribution in [0, 0.1) is 5.41 Å². The molecule has 1 aromatic carbocycles. The molecule has 1 fully saturated rings. The predicted molar refractivity (Wildman–Crippen MR) is 74.6 cm³/mol. The largest absolute Gasteiger partial charge is 0.454 e. The van der Waals surface area contributed by atoms with E-state index < -0.39 is 0 Å². The summed E-state index contributed by atoms with van der Waals surface area (Å²) < 4.78 is 10.6. The number of rotatable bonds is 3. The minimum absolute atomic E-state index is 0.113. The normalized spacial score (nSPS) is 24.4. The Kier molecular flexibility index (Phi) is 3.53. The number of hydrogen-bond acceptors (Lipinski definition) is 4. The number of ether oxygens (including phenoxy) is 2. The van der Waals surface area contributed by atoms with E-state index in [4.69, 9.17) is 9.47 Å². The van der Waals surface area contributed by atoms with Crippen molar-refractivity contribution in [2.75, 3.05) is 19.9 Å². The SMILES string of the molecule is CC1(C(=O)NCc2ccc3c(c2)OCO3)CCCNC1. The molecule has 3 rings (SSSR count). The van der Waals surface area contributed by atoms with Crippen LogP contribution in [0.25, 0.3) is 0 Å². The average Bonchev–Trinajstić information content (AvgIpc) is 2.93. The highest BCUT2D eigenvalue weighted by Gasteiger charge is 2.34. The molecule has 0 bridgehead atoms. The van der Waals surface area contributed by atoms with E-state index in [1.54, 1.807) is 0 Å². The fourth-order valence-electron chi connectivity index (χ4n) is 2.70. The lowest BCUT2D eigenvalue weighted by Gasteiger charge is -2.32. The monoisotopic (exact) mass is 276 g/mol. The predicted octanol–water partition coefficient (Wildman–Crippen LogP) is 1.42. The first kappa shape index (κ1) is 13.2. The van der Waals surface area contributed by atoms with Crippen LogP contribution in [0.1, 0.15) is 25.3 Å². The third-order valence-corrected chi connectivity index (χ3v) is 4.04. The van der Waals surface area contributed by atoms with E-state index in [2.05, 4.69) is 10.6 Å². The highest BCUT2D eigenvalue weighted by atomic mass is 16.7. The summed E-state index contributed by atoms with van der Waals surface area (Å²) in [7, 11) is 0. The van der Waals surface area contributed by atoms with Crippen LogP contribution in [0.2, 0.25) is 0 Å². The van der Waals surface area contributed by atoms with Crippen LogP contribution in [0.5, 0.6) is 11.5 Å². The fourth-order valence-corrected chi connectivity index (χ4v) is 2.70. The van der Waals surface area contributed by atoms with Crippen molar-refractivity contribution in [2.45, 2.75) is 26.3 Å². The molecule has 0 spiro atoms. The number of fused-ring (bicyclic) bond motifs is 1. The minimum Gasteiger partial charge on any atom is -0.454 e. The molecule has 0 saturated carbocycles. The van der Waals surface area contributed by atoms with Gasteiger partial charge >= 0.3 is 0 Å². The van der Waals surface area contributed by atoms with E-state index in [1.807, 2.05) is 25.1 Å². The van der Waals surface area contributed by atoms with Gasteiger partial charge in [-0.05, 0) is 44.0 Å². The summed E-state index contributed by atoms with van der Waals surface area (Å²) in [6.07, 6.45) is 1.99. The zero-order chi connectivity index (χ0) is 14.0. The van der Waals surface area contributed by atoms with Gasteiger partial charge in [-0.15, -0.1) is 0 Å². The van der Waals surface area contributed by atoms with Gasteiger partial charge in [0, 0.05) is 13.1 Å². The fraction of sp³-hybridized carbons (Fsp3) is 0.533. The van der Waals surface area contributed by atoms with Crippen molar-refractivity contribution in [3.63, 3.8) is 0 Å². The topological polar surface area (TPSA) is 59.6 Å². The molecule has 1 unspecified atom stereocenters. The van der Waals surface area contributed by atoms with Crippen molar-refractivity contribution in [2.24, 2.45) is 5.41 Å². The van der Waals surface area contributed by atoms with Crippen molar-refractivity contribution in [3.05, 3.63) is 23.8 Å². The Hall–Kier alpha value is -1.75. The van der Waals surface area contributed by atoms with E-state index in [-0.39, 0.29) is 18.1 Å². The molecule has 20 heavy (non-hydrogen) atoms. The van der Waals surface area contributed by atoms with Gasteiger partial charge < -0.3 is 20.1 Å². The molecular formula is C15H20N2O3. The highest BCUT2D eigenvalue weighted by molar-refractivity contribution is 5.82. The van der Waals surface area contributed by atoms with Gasteiger partial charge in [0.15, 0.2) is 11.5 Å². The first-order chi connectivity index (χ1) is 9.67. The standard InChI is InChI=1S/C15H20N2O3/c1-15(5-2-6-16-9-15)14(18)17-8-11-3-4-12-13(7-11)20-10-19-12/h3-4,7,16H,2,5-6,8-10H2,1H3,(H,17,18). The second-order valence-corrected chi connectivity index (χ2v) is 5.71. The van der Waals surface area contributed by atoms with E-state index in [1.165, 1.54) is 0 Å². The molecule has 0 radical (unpaired) electrons. The van der Waals surface area contributed by atoms with Crippen LogP contribution in [0.15, 0.2) is 18.2 Å². The van der Waals surface area contributed by atoms with E-state index in [0.29, 0.717) is 6.54 Å². The average molecular weight is 276 g/mol. The first-order valence-electron chi connectivity index (χ1n) is 7.05. The number of piperidine rings is 1. The number of nitrogens with one attached hydrogen (secondary N) is 2. The molecule has 1 aromatic rings. The number of benzene rings is 1. The molecule has 108 valence electrons. The maximum Gasteiger partial charge on any atom is 0.231 e. The number of carbonyl (C=O) groups is 1. The van der Waals surface area contributed by atoms with Crippen LogP contribution in [0.4, 0.5) is 0 Å². The zero-order valence-electron chi connectivity index (χ0n) is 11.7. The summed E-state index contributed by atoms with van der Waals surface area (Å²) in [6.45, 7) is 4.57. The van der Waals surface area contributed by atoms with Crippen molar-refractivity contribution < 1.29 is 14.3 Å². The molecule has 1 atom stereocenters. The molecular weight excluding hydrogens is 256 g/mol. The molecule has 0 aromatic heterocycles. The zero-order valence-corrected chi connectivity index (χ0v) is 11.7. The lowest BCUT2D eigenvalue weighted by molar-refractivity contribution is -0.131. The van der Waals surface area contributed by atoms with Gasteiger partial charge in [-0.25, -0.2) is 0 Å². The van der Waals surface area contributed by atoms with Gasteiger partial charge in [-0.2, -0.15) is 0 Å². The molecule has 1 amide bonds. The summed E-state index contributed by atoms with van der Waals surface area (Å²) in [6, 6.07) is 5.76. The van der Waals surface area contributed by atoms with E-state index in [0.717, 1.165) is 43.0 Å². The number of amides is 1. The lowest BCUT2D eigenvalue weighted by atomic mass is 9.82. The number of carbonyl (C=O) groups excluding carboxylic acids is 1. The van der Waals surface area contributed by atoms with Gasteiger partial charge in [-0.1, -0.05) is 6.07 Å². The Bertz CT molecular complexity index is 510. The summed E-state index contributed by atoms with van der Waals surface area (Å²) in [5.74, 6) is 1.63. The quantitative estimate of drug-likeness (QED) is 0.876. The molecule has 5 nitrogen and oxygen atoms in total. The molecule has 0 aliphatic carbocycles. The Morgan fingerprint density at radius 2 is 2.25 bits per heavy atom. The minimum atomic E-state index is -0.297. The molecule has 2 N–H and O–H groups in total. The van der Waals surface area contributed by atoms with Gasteiger partial charge in [0.2, 0.25) is 12.7 Å². The lowest BCUT2D eigenvalue weighted by Crippen LogP contribution is -2.48. The Morgan fingerprint density at radius 3 is 3.05 bits per heavy atom. The maximum absolute atomic E-state index is 12.3. The summed E-state index contributed by atoms with van der Waals surface area (Å²) in [5, 5.41) is 6.32. The molecule has 2 aliphatic heterocycles. The Labute approximate surface area is 118 Å². The van der Waals surface area contributed by atoms with Crippen LogP contribution in [-0.4, -0.2) is 25.8 Å². The third kappa shape index (κ3) is 2.58. The van der Waals surface area contributed by atoms with Crippen molar-refractivity contribution in [1.82, 2.24) is 10.6 Å². The summed E-state index contributed by atoms with van der Waals surface area (Å²) in [4.78, 5) is 12.3. The molecule has 1 saturated heterocycles. The van der Waals surface area contributed by atoms with Crippen molar-refractivity contribution >= 4 is 5.91 Å². The van der Waals surface area contributed by atoms with Crippen LogP contribution < -0.4 is 20.1 Å². The Balaban J connectivity index is 1.60. The third-order valence-electron chi connectivity index (χ3n) is 4.04. The van der Waals surface area contributed by atoms with E-state index >= 15 is 0 Å².